The second-order valence-corrected chi connectivity index (χ2v) is 4.07. The van der Waals surface area contributed by atoms with Gasteiger partial charge in [-0.2, -0.15) is 0 Å². The van der Waals surface area contributed by atoms with Crippen LogP contribution in [0, 0.1) is 0 Å². The third-order valence-electron chi connectivity index (χ3n) is 2.39. The Kier molecular flexibility index (Phi) is 4.58. The van der Waals surface area contributed by atoms with Crippen molar-refractivity contribution < 1.29 is 0 Å². The fourth-order valence-corrected chi connectivity index (χ4v) is 1.26. The van der Waals surface area contributed by atoms with Gasteiger partial charge in [0.2, 0.25) is 0 Å². The predicted molar refractivity (Wildman–Crippen MR) is 73.4 cm³/mol. The quantitative estimate of drug-likeness (QED) is 0.726. The molecule has 0 aliphatic heterocycles. The van der Waals surface area contributed by atoms with E-state index < -0.39 is 0 Å². The van der Waals surface area contributed by atoms with E-state index in [1.165, 1.54) is 0 Å². The van der Waals surface area contributed by atoms with Crippen LogP contribution in [0.1, 0.15) is 26.6 Å². The van der Waals surface area contributed by atoms with Gasteiger partial charge in [-0.15, -0.1) is 0 Å². The Bertz CT molecular complexity index is 479. The SMILES string of the molecule is C=C(C)/C=C\C(=C(/C)C(=C)C)c1ncccn1. The molecule has 0 spiro atoms. The van der Waals surface area contributed by atoms with E-state index in [-0.39, 0.29) is 0 Å². The summed E-state index contributed by atoms with van der Waals surface area (Å²) in [7, 11) is 0. The average Bonchev–Trinajstić information content (AvgIpc) is 2.30. The fraction of sp³-hybridized carbons (Fsp3) is 0.200. The van der Waals surface area contributed by atoms with Gasteiger partial charge in [-0.1, -0.05) is 36.5 Å². The van der Waals surface area contributed by atoms with Crippen LogP contribution < -0.4 is 0 Å². The summed E-state index contributed by atoms with van der Waals surface area (Å²) in [5.74, 6) is 0.713. The molecule has 1 aromatic heterocycles. The summed E-state index contributed by atoms with van der Waals surface area (Å²) >= 11 is 0. The van der Waals surface area contributed by atoms with Crippen LogP contribution >= 0.6 is 0 Å². The highest BCUT2D eigenvalue weighted by Crippen LogP contribution is 2.21. The van der Waals surface area contributed by atoms with Gasteiger partial charge in [0.1, 0.15) is 0 Å². The molecule has 0 atom stereocenters. The van der Waals surface area contributed by atoms with E-state index in [2.05, 4.69) is 23.1 Å². The molecule has 0 aromatic carbocycles. The summed E-state index contributed by atoms with van der Waals surface area (Å²) in [6, 6.07) is 1.81. The number of aromatic nitrogens is 2. The first kappa shape index (κ1) is 13.1. The summed E-state index contributed by atoms with van der Waals surface area (Å²) in [5.41, 5.74) is 4.08. The minimum Gasteiger partial charge on any atom is -0.237 e. The summed E-state index contributed by atoms with van der Waals surface area (Å²) in [6.07, 6.45) is 7.42. The normalized spacial score (nSPS) is 12.4. The third kappa shape index (κ3) is 3.83. The minimum atomic E-state index is 0.713. The van der Waals surface area contributed by atoms with Gasteiger partial charge in [0.15, 0.2) is 5.82 Å². The zero-order valence-electron chi connectivity index (χ0n) is 10.7. The lowest BCUT2D eigenvalue weighted by Gasteiger charge is -2.07. The van der Waals surface area contributed by atoms with Crippen LogP contribution in [0.25, 0.3) is 5.57 Å². The molecule has 0 amide bonds. The highest BCUT2D eigenvalue weighted by molar-refractivity contribution is 5.75. The number of allylic oxidation sites excluding steroid dienone is 6. The molecule has 1 aromatic rings. The molecule has 0 unspecified atom stereocenters. The van der Waals surface area contributed by atoms with Gasteiger partial charge >= 0.3 is 0 Å². The van der Waals surface area contributed by atoms with Crippen molar-refractivity contribution >= 4 is 5.57 Å². The van der Waals surface area contributed by atoms with E-state index in [9.17, 15) is 0 Å². The Balaban J connectivity index is 3.26. The topological polar surface area (TPSA) is 25.8 Å². The Morgan fingerprint density at radius 2 is 1.65 bits per heavy atom. The largest absolute Gasteiger partial charge is 0.237 e. The molecule has 0 aliphatic rings. The highest BCUT2D eigenvalue weighted by Gasteiger charge is 2.05. The van der Waals surface area contributed by atoms with Crippen molar-refractivity contribution in [2.75, 3.05) is 0 Å². The van der Waals surface area contributed by atoms with E-state index in [1.54, 1.807) is 18.5 Å². The second-order valence-electron chi connectivity index (χ2n) is 4.07. The molecular formula is C15H18N2. The lowest BCUT2D eigenvalue weighted by Crippen LogP contribution is -1.94. The maximum Gasteiger partial charge on any atom is 0.159 e. The molecule has 0 radical (unpaired) electrons. The molecule has 88 valence electrons. The Morgan fingerprint density at radius 3 is 2.12 bits per heavy atom. The molecule has 0 N–H and O–H groups in total. The molecule has 0 fully saturated rings. The van der Waals surface area contributed by atoms with E-state index in [1.807, 2.05) is 32.9 Å². The lowest BCUT2D eigenvalue weighted by atomic mass is 10.0. The van der Waals surface area contributed by atoms with Crippen LogP contribution in [0.15, 0.2) is 60.5 Å². The van der Waals surface area contributed by atoms with Crippen LogP contribution in [0.3, 0.4) is 0 Å². The van der Waals surface area contributed by atoms with Crippen LogP contribution in [0.4, 0.5) is 0 Å². The van der Waals surface area contributed by atoms with E-state index in [0.29, 0.717) is 5.82 Å². The second kappa shape index (κ2) is 5.94. The highest BCUT2D eigenvalue weighted by atomic mass is 14.9. The van der Waals surface area contributed by atoms with Crippen LogP contribution in [-0.2, 0) is 0 Å². The van der Waals surface area contributed by atoms with E-state index in [0.717, 1.165) is 22.3 Å². The van der Waals surface area contributed by atoms with Crippen molar-refractivity contribution in [2.45, 2.75) is 20.8 Å². The monoisotopic (exact) mass is 226 g/mol. The number of nitrogens with zero attached hydrogens (tertiary/aromatic N) is 2. The maximum atomic E-state index is 4.27. The summed E-state index contributed by atoms with van der Waals surface area (Å²) in [5, 5.41) is 0. The first-order valence-corrected chi connectivity index (χ1v) is 5.50. The van der Waals surface area contributed by atoms with E-state index in [4.69, 9.17) is 0 Å². The predicted octanol–water partition coefficient (Wildman–Crippen LogP) is 3.96. The van der Waals surface area contributed by atoms with Crippen LogP contribution in [-0.4, -0.2) is 9.97 Å². The molecule has 0 aliphatic carbocycles. The van der Waals surface area contributed by atoms with Crippen molar-refractivity contribution in [2.24, 2.45) is 0 Å². The van der Waals surface area contributed by atoms with Gasteiger partial charge in [-0.3, -0.25) is 0 Å². The molecule has 1 rings (SSSR count). The molecule has 0 bridgehead atoms. The van der Waals surface area contributed by atoms with E-state index >= 15 is 0 Å². The van der Waals surface area contributed by atoms with Gasteiger partial charge in [0.25, 0.3) is 0 Å². The Morgan fingerprint density at radius 1 is 1.06 bits per heavy atom. The van der Waals surface area contributed by atoms with Crippen molar-refractivity contribution in [1.29, 1.82) is 0 Å². The molecule has 2 heteroatoms. The van der Waals surface area contributed by atoms with Gasteiger partial charge in [0, 0.05) is 18.0 Å². The van der Waals surface area contributed by atoms with Crippen molar-refractivity contribution in [1.82, 2.24) is 9.97 Å². The van der Waals surface area contributed by atoms with Crippen LogP contribution in [0.5, 0.6) is 0 Å². The molecule has 2 nitrogen and oxygen atoms in total. The minimum absolute atomic E-state index is 0.713. The number of hydrogen-bond acceptors (Lipinski definition) is 2. The van der Waals surface area contributed by atoms with Gasteiger partial charge in [-0.05, 0) is 32.4 Å². The maximum absolute atomic E-state index is 4.27. The Hall–Kier alpha value is -1.96. The molecule has 1 heterocycles. The van der Waals surface area contributed by atoms with Gasteiger partial charge in [-0.25, -0.2) is 9.97 Å². The molecule has 0 saturated heterocycles. The van der Waals surface area contributed by atoms with Gasteiger partial charge in [0.05, 0.1) is 0 Å². The van der Waals surface area contributed by atoms with Gasteiger partial charge < -0.3 is 0 Å². The third-order valence-corrected chi connectivity index (χ3v) is 2.39. The first-order valence-electron chi connectivity index (χ1n) is 5.50. The fourth-order valence-electron chi connectivity index (χ4n) is 1.26. The van der Waals surface area contributed by atoms with Crippen molar-refractivity contribution in [3.05, 3.63) is 66.3 Å². The van der Waals surface area contributed by atoms with Crippen LogP contribution in [0.2, 0.25) is 0 Å². The number of rotatable bonds is 4. The Labute approximate surface area is 103 Å². The zero-order valence-corrected chi connectivity index (χ0v) is 10.7. The summed E-state index contributed by atoms with van der Waals surface area (Å²) in [6.45, 7) is 13.8. The smallest absolute Gasteiger partial charge is 0.159 e. The summed E-state index contributed by atoms with van der Waals surface area (Å²) < 4.78 is 0. The molecule has 0 saturated carbocycles. The number of hydrogen-bond donors (Lipinski definition) is 0. The molecular weight excluding hydrogens is 208 g/mol. The first-order chi connectivity index (χ1) is 8.02. The lowest BCUT2D eigenvalue weighted by molar-refractivity contribution is 1.11. The van der Waals surface area contributed by atoms with Crippen molar-refractivity contribution in [3.8, 4) is 0 Å². The zero-order chi connectivity index (χ0) is 12.8. The summed E-state index contributed by atoms with van der Waals surface area (Å²) in [4.78, 5) is 8.54. The van der Waals surface area contributed by atoms with Crippen molar-refractivity contribution in [3.63, 3.8) is 0 Å². The molecule has 17 heavy (non-hydrogen) atoms. The standard InChI is InChI=1S/C15H18N2/c1-11(2)7-8-14(13(5)12(3)4)15-16-9-6-10-17-15/h6-10H,1,3H2,2,4-5H3/b8-7-,14-13-. The average molecular weight is 226 g/mol.